The maximum Gasteiger partial charge on any atom is 0.220 e. The van der Waals surface area contributed by atoms with E-state index in [9.17, 15) is 4.79 Å². The minimum absolute atomic E-state index is 0. The molecule has 2 N–H and O–H groups in total. The number of rotatable bonds is 7. The van der Waals surface area contributed by atoms with E-state index >= 15 is 0 Å². The Balaban J connectivity index is 0.00000264. The van der Waals surface area contributed by atoms with Crippen LogP contribution in [0, 0.1) is 0 Å². The van der Waals surface area contributed by atoms with Gasteiger partial charge in [-0.3, -0.25) is 4.79 Å². The predicted molar refractivity (Wildman–Crippen MR) is 104 cm³/mol. The molecule has 2 aromatic rings. The number of hydrogen-bond acceptors (Lipinski definition) is 4. The molecule has 1 aromatic carbocycles. The van der Waals surface area contributed by atoms with Gasteiger partial charge in [-0.25, -0.2) is 4.98 Å². The highest BCUT2D eigenvalue weighted by Crippen LogP contribution is 2.28. The smallest absolute Gasteiger partial charge is 0.220 e. The van der Waals surface area contributed by atoms with E-state index in [4.69, 9.17) is 4.42 Å². The first-order chi connectivity index (χ1) is 10.6. The molecular weight excluding hydrogens is 417 g/mol. The zero-order valence-electron chi connectivity index (χ0n) is 13.5. The Kier molecular flexibility index (Phi) is 11.0. The van der Waals surface area contributed by atoms with Crippen LogP contribution < -0.4 is 10.6 Å². The van der Waals surface area contributed by atoms with Crippen molar-refractivity contribution in [2.45, 2.75) is 25.8 Å². The summed E-state index contributed by atoms with van der Waals surface area (Å²) in [5.41, 5.74) is 0.952. The first-order valence-electron chi connectivity index (χ1n) is 7.23. The van der Waals surface area contributed by atoms with Crippen LogP contribution in [0.15, 0.2) is 39.4 Å². The van der Waals surface area contributed by atoms with Crippen LogP contribution in [0.5, 0.6) is 0 Å². The van der Waals surface area contributed by atoms with E-state index in [0.717, 1.165) is 10.0 Å². The highest BCUT2D eigenvalue weighted by molar-refractivity contribution is 9.10. The molecule has 1 atom stereocenters. The van der Waals surface area contributed by atoms with E-state index in [2.05, 4.69) is 31.5 Å². The van der Waals surface area contributed by atoms with Gasteiger partial charge in [-0.15, -0.1) is 24.8 Å². The first-order valence-corrected chi connectivity index (χ1v) is 8.03. The van der Waals surface area contributed by atoms with Crippen molar-refractivity contribution in [1.29, 1.82) is 0 Å². The minimum Gasteiger partial charge on any atom is -0.441 e. The number of carbonyl (C=O) groups excluding carboxylic acids is 1. The van der Waals surface area contributed by atoms with Crippen LogP contribution in [-0.4, -0.2) is 30.5 Å². The molecule has 5 nitrogen and oxygen atoms in total. The number of carbonyl (C=O) groups is 1. The van der Waals surface area contributed by atoms with Crippen LogP contribution >= 0.6 is 40.7 Å². The highest BCUT2D eigenvalue weighted by Gasteiger charge is 2.11. The Hall–Kier alpha value is -1.08. The van der Waals surface area contributed by atoms with E-state index in [-0.39, 0.29) is 36.8 Å². The van der Waals surface area contributed by atoms with Gasteiger partial charge in [-0.05, 0) is 20.0 Å². The number of amides is 1. The Bertz CT molecular complexity index is 637. The van der Waals surface area contributed by atoms with Crippen molar-refractivity contribution in [2.75, 3.05) is 13.6 Å². The molecule has 1 amide bonds. The summed E-state index contributed by atoms with van der Waals surface area (Å²) in [6.07, 6.45) is 2.55. The quantitative estimate of drug-likeness (QED) is 0.692. The number of aryl methyl sites for hydroxylation is 1. The van der Waals surface area contributed by atoms with Gasteiger partial charge in [0.1, 0.15) is 0 Å². The van der Waals surface area contributed by atoms with Crippen molar-refractivity contribution >= 4 is 46.7 Å². The number of oxazole rings is 1. The molecule has 8 heteroatoms. The first kappa shape index (κ1) is 22.9. The van der Waals surface area contributed by atoms with E-state index < -0.39 is 0 Å². The maximum absolute atomic E-state index is 11.8. The largest absolute Gasteiger partial charge is 0.441 e. The van der Waals surface area contributed by atoms with E-state index in [1.165, 1.54) is 0 Å². The predicted octanol–water partition coefficient (Wildman–Crippen LogP) is 3.60. The summed E-state index contributed by atoms with van der Waals surface area (Å²) in [5.74, 6) is 1.27. The van der Waals surface area contributed by atoms with Gasteiger partial charge in [0.15, 0.2) is 11.7 Å². The summed E-state index contributed by atoms with van der Waals surface area (Å²) < 4.78 is 6.67. The Morgan fingerprint density at radius 3 is 2.71 bits per heavy atom. The summed E-state index contributed by atoms with van der Waals surface area (Å²) in [4.78, 5) is 16.0. The number of hydrogen-bond donors (Lipinski definition) is 2. The average Bonchev–Trinajstić information content (AvgIpc) is 2.99. The lowest BCUT2D eigenvalue weighted by Crippen LogP contribution is -2.37. The van der Waals surface area contributed by atoms with Gasteiger partial charge in [-0.2, -0.15) is 0 Å². The second kappa shape index (κ2) is 11.5. The lowest BCUT2D eigenvalue weighted by molar-refractivity contribution is -0.121. The normalized spacial score (nSPS) is 11.1. The number of aromatic nitrogens is 1. The monoisotopic (exact) mass is 437 g/mol. The number of halogens is 3. The third kappa shape index (κ3) is 6.81. The lowest BCUT2D eigenvalue weighted by Gasteiger charge is -2.10. The van der Waals surface area contributed by atoms with Gasteiger partial charge in [0.05, 0.1) is 6.20 Å². The molecule has 0 bridgehead atoms. The number of nitrogens with zero attached hydrogens (tertiary/aromatic N) is 1. The third-order valence-corrected chi connectivity index (χ3v) is 4.05. The molecular formula is C16H22BrCl2N3O2. The Labute approximate surface area is 162 Å². The second-order valence-corrected chi connectivity index (χ2v) is 5.95. The van der Waals surface area contributed by atoms with Crippen molar-refractivity contribution < 1.29 is 9.21 Å². The number of benzene rings is 1. The van der Waals surface area contributed by atoms with Crippen LogP contribution in [0.1, 0.15) is 19.2 Å². The lowest BCUT2D eigenvalue weighted by atomic mass is 10.2. The summed E-state index contributed by atoms with van der Waals surface area (Å²) >= 11 is 3.49. The van der Waals surface area contributed by atoms with Crippen molar-refractivity contribution in [3.8, 4) is 11.3 Å². The molecule has 0 radical (unpaired) electrons. The fourth-order valence-electron chi connectivity index (χ4n) is 1.89. The minimum atomic E-state index is 0. The summed E-state index contributed by atoms with van der Waals surface area (Å²) in [6, 6.07) is 8.06. The van der Waals surface area contributed by atoms with E-state index in [1.54, 1.807) is 6.20 Å². The zero-order valence-corrected chi connectivity index (χ0v) is 16.8. The molecule has 0 aliphatic rings. The second-order valence-electron chi connectivity index (χ2n) is 5.09. The molecule has 0 fully saturated rings. The standard InChI is InChI=1S/C16H20BrN3O2.2ClH/c1-11(18-2)9-19-15(21)7-8-16-20-10-14(22-16)12-5-3-4-6-13(12)17;;/h3-6,10-11,18H,7-9H2,1-2H3,(H,19,21);2*1H. The van der Waals surface area contributed by atoms with Crippen LogP contribution in [-0.2, 0) is 11.2 Å². The topological polar surface area (TPSA) is 67.2 Å². The molecule has 1 aromatic heterocycles. The SMILES string of the molecule is CNC(C)CNC(=O)CCc1ncc(-c2ccccc2Br)o1.Cl.Cl. The van der Waals surface area contributed by atoms with Crippen LogP contribution in [0.25, 0.3) is 11.3 Å². The fraction of sp³-hybridized carbons (Fsp3) is 0.375. The van der Waals surface area contributed by atoms with Crippen LogP contribution in [0.3, 0.4) is 0 Å². The summed E-state index contributed by atoms with van der Waals surface area (Å²) in [6.45, 7) is 2.63. The molecule has 2 rings (SSSR count). The van der Waals surface area contributed by atoms with Gasteiger partial charge < -0.3 is 15.1 Å². The highest BCUT2D eigenvalue weighted by atomic mass is 79.9. The van der Waals surface area contributed by atoms with Crippen LogP contribution in [0.2, 0.25) is 0 Å². The fourth-order valence-corrected chi connectivity index (χ4v) is 2.37. The van der Waals surface area contributed by atoms with Gasteiger partial charge in [0.25, 0.3) is 0 Å². The van der Waals surface area contributed by atoms with Gasteiger partial charge >= 0.3 is 0 Å². The van der Waals surface area contributed by atoms with Crippen molar-refractivity contribution in [2.24, 2.45) is 0 Å². The maximum atomic E-state index is 11.8. The molecule has 134 valence electrons. The van der Waals surface area contributed by atoms with Gasteiger partial charge in [0, 0.05) is 35.5 Å². The van der Waals surface area contributed by atoms with Gasteiger partial charge in [-0.1, -0.05) is 34.1 Å². The molecule has 0 aliphatic carbocycles. The molecule has 0 saturated carbocycles. The van der Waals surface area contributed by atoms with Crippen molar-refractivity contribution in [3.63, 3.8) is 0 Å². The molecule has 0 saturated heterocycles. The Morgan fingerprint density at radius 1 is 1.33 bits per heavy atom. The summed E-state index contributed by atoms with van der Waals surface area (Å²) in [7, 11) is 1.87. The molecule has 1 heterocycles. The zero-order chi connectivity index (χ0) is 15.9. The van der Waals surface area contributed by atoms with E-state index in [0.29, 0.717) is 31.0 Å². The van der Waals surface area contributed by atoms with E-state index in [1.807, 2.05) is 38.2 Å². The Morgan fingerprint density at radius 2 is 2.04 bits per heavy atom. The van der Waals surface area contributed by atoms with Crippen LogP contribution in [0.4, 0.5) is 0 Å². The summed E-state index contributed by atoms with van der Waals surface area (Å²) in [5, 5.41) is 5.94. The molecule has 0 aliphatic heterocycles. The number of nitrogens with one attached hydrogen (secondary N) is 2. The number of likely N-dealkylation sites (N-methyl/N-ethyl adjacent to an activating group) is 1. The van der Waals surface area contributed by atoms with Crippen molar-refractivity contribution in [3.05, 3.63) is 40.8 Å². The average molecular weight is 439 g/mol. The molecule has 24 heavy (non-hydrogen) atoms. The third-order valence-electron chi connectivity index (χ3n) is 3.36. The molecule has 1 unspecified atom stereocenters. The van der Waals surface area contributed by atoms with Gasteiger partial charge in [0.2, 0.25) is 5.91 Å². The van der Waals surface area contributed by atoms with Crippen molar-refractivity contribution in [1.82, 2.24) is 15.6 Å². The molecule has 0 spiro atoms.